The van der Waals surface area contributed by atoms with Crippen molar-refractivity contribution in [3.8, 4) is 17.2 Å². The first-order chi connectivity index (χ1) is 16.2. The lowest BCUT2D eigenvalue weighted by Gasteiger charge is -2.32. The largest absolute Gasteiger partial charge is 0.497 e. The Morgan fingerprint density at radius 1 is 1.12 bits per heavy atom. The zero-order chi connectivity index (χ0) is 24.9. The van der Waals surface area contributed by atoms with Crippen LogP contribution in [0.2, 0.25) is 0 Å². The number of hydrogen-bond acceptors (Lipinski definition) is 7. The number of carbonyl (C=O) groups is 2. The van der Waals surface area contributed by atoms with Gasteiger partial charge < -0.3 is 24.4 Å². The molecule has 0 unspecified atom stereocenters. The number of nitrogens with one attached hydrogen (secondary N) is 1. The van der Waals surface area contributed by atoms with Crippen molar-refractivity contribution in [3.63, 3.8) is 0 Å². The second-order valence-corrected chi connectivity index (χ2v) is 9.62. The molecular weight excluding hydrogens is 462 g/mol. The summed E-state index contributed by atoms with van der Waals surface area (Å²) < 4.78 is 42.1. The average Bonchev–Trinajstić information content (AvgIpc) is 3.29. The van der Waals surface area contributed by atoms with Crippen LogP contribution in [-0.4, -0.2) is 64.9 Å². The second-order valence-electron chi connectivity index (χ2n) is 7.72. The summed E-state index contributed by atoms with van der Waals surface area (Å²) in [7, 11) is -0.780. The van der Waals surface area contributed by atoms with E-state index in [2.05, 4.69) is 5.32 Å². The van der Waals surface area contributed by atoms with E-state index in [9.17, 15) is 18.0 Å². The number of rotatable bonds is 10. The van der Waals surface area contributed by atoms with Crippen LogP contribution in [0.4, 0.5) is 5.69 Å². The average molecular weight is 492 g/mol. The van der Waals surface area contributed by atoms with Crippen molar-refractivity contribution in [2.75, 3.05) is 38.1 Å². The number of carbonyl (C=O) groups excluding carboxylic acids is 2. The topological polar surface area (TPSA) is 114 Å². The third-order valence-corrected chi connectivity index (χ3v) is 6.61. The maximum absolute atomic E-state index is 13.5. The number of benzene rings is 2. The SMILES string of the molecule is CC[C@@H](C(=O)NC)N(Cc1ccc(OC)cc1)C(=O)CN(c1ccc2c(c1)OCO2)S(C)(=O)=O. The summed E-state index contributed by atoms with van der Waals surface area (Å²) >= 11 is 0. The number of nitrogens with zero attached hydrogens (tertiary/aromatic N) is 2. The maximum Gasteiger partial charge on any atom is 0.244 e. The molecule has 184 valence electrons. The minimum atomic E-state index is -3.83. The van der Waals surface area contributed by atoms with E-state index in [1.54, 1.807) is 50.4 Å². The molecule has 2 aromatic carbocycles. The second kappa shape index (κ2) is 10.6. The molecule has 2 aromatic rings. The highest BCUT2D eigenvalue weighted by molar-refractivity contribution is 7.92. The van der Waals surface area contributed by atoms with Gasteiger partial charge in [-0.25, -0.2) is 8.42 Å². The first-order valence-electron chi connectivity index (χ1n) is 10.7. The highest BCUT2D eigenvalue weighted by atomic mass is 32.2. The zero-order valence-electron chi connectivity index (χ0n) is 19.6. The molecule has 0 spiro atoms. The first-order valence-corrected chi connectivity index (χ1v) is 12.5. The van der Waals surface area contributed by atoms with Crippen molar-refractivity contribution in [1.29, 1.82) is 0 Å². The number of sulfonamides is 1. The summed E-state index contributed by atoms with van der Waals surface area (Å²) in [4.78, 5) is 27.5. The van der Waals surface area contributed by atoms with Crippen LogP contribution in [0.25, 0.3) is 0 Å². The third-order valence-electron chi connectivity index (χ3n) is 5.47. The van der Waals surface area contributed by atoms with Crippen LogP contribution in [0.5, 0.6) is 17.2 Å². The highest BCUT2D eigenvalue weighted by Crippen LogP contribution is 2.36. The van der Waals surface area contributed by atoms with Gasteiger partial charge in [-0.15, -0.1) is 0 Å². The number of amides is 2. The molecule has 1 heterocycles. The Morgan fingerprint density at radius 2 is 1.79 bits per heavy atom. The molecule has 0 saturated heterocycles. The van der Waals surface area contributed by atoms with Crippen LogP contribution in [0, 0.1) is 0 Å². The Kier molecular flexibility index (Phi) is 7.87. The molecule has 1 N–H and O–H groups in total. The van der Waals surface area contributed by atoms with E-state index in [4.69, 9.17) is 14.2 Å². The Balaban J connectivity index is 1.93. The molecule has 11 heteroatoms. The summed E-state index contributed by atoms with van der Waals surface area (Å²) in [5.74, 6) is 0.694. The third kappa shape index (κ3) is 5.71. The van der Waals surface area contributed by atoms with Crippen molar-refractivity contribution >= 4 is 27.5 Å². The summed E-state index contributed by atoms with van der Waals surface area (Å²) in [6.07, 6.45) is 1.37. The number of ether oxygens (including phenoxy) is 3. The number of anilines is 1. The van der Waals surface area contributed by atoms with Crippen molar-refractivity contribution in [1.82, 2.24) is 10.2 Å². The van der Waals surface area contributed by atoms with E-state index in [1.165, 1.54) is 18.0 Å². The molecule has 2 amide bonds. The van der Waals surface area contributed by atoms with Gasteiger partial charge in [0, 0.05) is 19.7 Å². The van der Waals surface area contributed by atoms with E-state index in [1.807, 2.05) is 0 Å². The molecule has 3 rings (SSSR count). The lowest BCUT2D eigenvalue weighted by Crippen LogP contribution is -2.51. The van der Waals surface area contributed by atoms with E-state index in [0.29, 0.717) is 23.7 Å². The lowest BCUT2D eigenvalue weighted by atomic mass is 10.1. The van der Waals surface area contributed by atoms with Gasteiger partial charge in [0.2, 0.25) is 28.6 Å². The van der Waals surface area contributed by atoms with Gasteiger partial charge in [-0.2, -0.15) is 0 Å². The van der Waals surface area contributed by atoms with Crippen molar-refractivity contribution in [2.24, 2.45) is 0 Å². The Bertz CT molecular complexity index is 1140. The number of hydrogen-bond donors (Lipinski definition) is 1. The van der Waals surface area contributed by atoms with Gasteiger partial charge in [0.05, 0.1) is 19.1 Å². The molecule has 0 aliphatic carbocycles. The molecule has 0 radical (unpaired) electrons. The number of likely N-dealkylation sites (N-methyl/N-ethyl adjacent to an activating group) is 1. The molecule has 0 bridgehead atoms. The number of methoxy groups -OCH3 is 1. The highest BCUT2D eigenvalue weighted by Gasteiger charge is 2.31. The van der Waals surface area contributed by atoms with Crippen LogP contribution >= 0.6 is 0 Å². The van der Waals surface area contributed by atoms with Crippen LogP contribution in [0.3, 0.4) is 0 Å². The predicted octanol–water partition coefficient (Wildman–Crippen LogP) is 1.74. The van der Waals surface area contributed by atoms with Gasteiger partial charge in [-0.3, -0.25) is 13.9 Å². The van der Waals surface area contributed by atoms with Crippen LogP contribution in [0.15, 0.2) is 42.5 Å². The van der Waals surface area contributed by atoms with E-state index >= 15 is 0 Å². The normalized spacial score (nSPS) is 13.2. The van der Waals surface area contributed by atoms with Gasteiger partial charge in [-0.05, 0) is 36.2 Å². The Morgan fingerprint density at radius 3 is 2.38 bits per heavy atom. The molecular formula is C23H29N3O7S. The van der Waals surface area contributed by atoms with Crippen LogP contribution in [0.1, 0.15) is 18.9 Å². The standard InChI is InChI=1S/C23H29N3O7S/c1-5-19(23(28)24-2)25(13-16-6-9-18(31-3)10-7-16)22(27)14-26(34(4,29)30)17-8-11-20-21(12-17)33-15-32-20/h6-12,19H,5,13-15H2,1-4H3,(H,24,28)/t19-/m0/s1. The van der Waals surface area contributed by atoms with Crippen LogP contribution in [-0.2, 0) is 26.2 Å². The monoisotopic (exact) mass is 491 g/mol. The van der Waals surface area contributed by atoms with Gasteiger partial charge in [0.1, 0.15) is 18.3 Å². The Hall–Kier alpha value is -3.47. The summed E-state index contributed by atoms with van der Waals surface area (Å²) in [5.41, 5.74) is 1.03. The van der Waals surface area contributed by atoms with E-state index < -0.39 is 28.5 Å². The molecule has 0 aromatic heterocycles. The fraction of sp³-hybridized carbons (Fsp3) is 0.391. The molecule has 10 nitrogen and oxygen atoms in total. The van der Waals surface area contributed by atoms with Gasteiger partial charge >= 0.3 is 0 Å². The van der Waals surface area contributed by atoms with Crippen molar-refractivity contribution < 1.29 is 32.2 Å². The van der Waals surface area contributed by atoms with Crippen molar-refractivity contribution in [2.45, 2.75) is 25.9 Å². The predicted molar refractivity (Wildman–Crippen MR) is 126 cm³/mol. The summed E-state index contributed by atoms with van der Waals surface area (Å²) in [5, 5.41) is 2.58. The summed E-state index contributed by atoms with van der Waals surface area (Å²) in [6.45, 7) is 1.46. The van der Waals surface area contributed by atoms with Gasteiger partial charge in [-0.1, -0.05) is 19.1 Å². The quantitative estimate of drug-likeness (QED) is 0.538. The first kappa shape index (κ1) is 25.2. The minimum Gasteiger partial charge on any atom is -0.497 e. The molecule has 34 heavy (non-hydrogen) atoms. The molecule has 0 fully saturated rings. The van der Waals surface area contributed by atoms with E-state index in [-0.39, 0.29) is 24.9 Å². The van der Waals surface area contributed by atoms with E-state index in [0.717, 1.165) is 16.1 Å². The molecule has 1 atom stereocenters. The maximum atomic E-state index is 13.5. The molecule has 0 saturated carbocycles. The smallest absolute Gasteiger partial charge is 0.244 e. The lowest BCUT2D eigenvalue weighted by molar-refractivity contribution is -0.140. The minimum absolute atomic E-state index is 0.0382. The van der Waals surface area contributed by atoms with Gasteiger partial charge in [0.25, 0.3) is 0 Å². The fourth-order valence-electron chi connectivity index (χ4n) is 3.67. The summed E-state index contributed by atoms with van der Waals surface area (Å²) in [6, 6.07) is 11.0. The molecule has 1 aliphatic heterocycles. The zero-order valence-corrected chi connectivity index (χ0v) is 20.4. The van der Waals surface area contributed by atoms with Crippen LogP contribution < -0.4 is 23.8 Å². The number of fused-ring (bicyclic) bond motifs is 1. The fourth-order valence-corrected chi connectivity index (χ4v) is 4.51. The van der Waals surface area contributed by atoms with Crippen molar-refractivity contribution in [3.05, 3.63) is 48.0 Å². The van der Waals surface area contributed by atoms with Gasteiger partial charge in [0.15, 0.2) is 11.5 Å². The molecule has 1 aliphatic rings. The Labute approximate surface area is 199 Å².